The number of carboxylic acid groups (broad SMARTS) is 1. The highest BCUT2D eigenvalue weighted by Gasteiger charge is 2.41. The van der Waals surface area contributed by atoms with Gasteiger partial charge in [0, 0.05) is 4.47 Å². The van der Waals surface area contributed by atoms with E-state index in [0.717, 1.165) is 10.0 Å². The molecule has 108 valence electrons. The maximum atomic E-state index is 12.3. The van der Waals surface area contributed by atoms with Crippen LogP contribution >= 0.6 is 15.9 Å². The average molecular weight is 340 g/mol. The normalized spacial score (nSPS) is 25.4. The molecule has 2 rings (SSSR count). The van der Waals surface area contributed by atoms with Gasteiger partial charge in [-0.05, 0) is 59.3 Å². The molecule has 1 unspecified atom stereocenters. The molecule has 3 atom stereocenters. The van der Waals surface area contributed by atoms with Gasteiger partial charge in [0.05, 0.1) is 17.5 Å². The standard InChI is InChI=1S/C15H18BrNO3/c1-8-3-4-13(12(16)7-8)17-14(18)10-5-9(2)6-11(10)15(19)20/h3-4,7,9-11H,5-6H2,1-2H3,(H,17,18)(H,19,20)/t9?,10-,11+/m0/s1. The van der Waals surface area contributed by atoms with Crippen LogP contribution in [0.25, 0.3) is 0 Å². The molecule has 1 aliphatic carbocycles. The van der Waals surface area contributed by atoms with Gasteiger partial charge < -0.3 is 10.4 Å². The molecular formula is C15H18BrNO3. The van der Waals surface area contributed by atoms with Crippen molar-refractivity contribution in [3.63, 3.8) is 0 Å². The molecule has 1 aliphatic rings. The number of anilines is 1. The Morgan fingerprint density at radius 3 is 2.55 bits per heavy atom. The van der Waals surface area contributed by atoms with Gasteiger partial charge in [-0.15, -0.1) is 0 Å². The van der Waals surface area contributed by atoms with Crippen LogP contribution in [0.1, 0.15) is 25.3 Å². The van der Waals surface area contributed by atoms with Crippen molar-refractivity contribution in [3.05, 3.63) is 28.2 Å². The van der Waals surface area contributed by atoms with Gasteiger partial charge in [-0.1, -0.05) is 13.0 Å². The monoisotopic (exact) mass is 339 g/mol. The summed E-state index contributed by atoms with van der Waals surface area (Å²) in [5.74, 6) is -1.83. The largest absolute Gasteiger partial charge is 0.481 e. The number of aliphatic carboxylic acids is 1. The van der Waals surface area contributed by atoms with Crippen LogP contribution in [0.15, 0.2) is 22.7 Å². The van der Waals surface area contributed by atoms with Gasteiger partial charge in [0.1, 0.15) is 0 Å². The van der Waals surface area contributed by atoms with Crippen LogP contribution in [0.2, 0.25) is 0 Å². The van der Waals surface area contributed by atoms with Crippen LogP contribution in [0.5, 0.6) is 0 Å². The van der Waals surface area contributed by atoms with Crippen LogP contribution in [-0.2, 0) is 9.59 Å². The number of benzene rings is 1. The number of hydrogen-bond donors (Lipinski definition) is 2. The third-order valence-electron chi connectivity index (χ3n) is 3.83. The zero-order valence-electron chi connectivity index (χ0n) is 11.5. The Hall–Kier alpha value is -1.36. The number of aryl methyl sites for hydroxylation is 1. The second kappa shape index (κ2) is 5.95. The van der Waals surface area contributed by atoms with E-state index in [-0.39, 0.29) is 11.8 Å². The van der Waals surface area contributed by atoms with Crippen molar-refractivity contribution < 1.29 is 14.7 Å². The molecule has 0 heterocycles. The Bertz CT molecular complexity index is 544. The third-order valence-corrected chi connectivity index (χ3v) is 4.49. The summed E-state index contributed by atoms with van der Waals surface area (Å²) < 4.78 is 0.809. The van der Waals surface area contributed by atoms with Gasteiger partial charge in [-0.25, -0.2) is 0 Å². The lowest BCUT2D eigenvalue weighted by Gasteiger charge is -2.16. The topological polar surface area (TPSA) is 66.4 Å². The molecule has 5 heteroatoms. The highest BCUT2D eigenvalue weighted by atomic mass is 79.9. The van der Waals surface area contributed by atoms with E-state index in [1.807, 2.05) is 32.0 Å². The molecular weight excluding hydrogens is 322 g/mol. The number of rotatable bonds is 3. The lowest BCUT2D eigenvalue weighted by atomic mass is 9.95. The van der Waals surface area contributed by atoms with Crippen LogP contribution in [-0.4, -0.2) is 17.0 Å². The third kappa shape index (κ3) is 3.20. The Morgan fingerprint density at radius 1 is 1.30 bits per heavy atom. The van der Waals surface area contributed by atoms with E-state index in [1.165, 1.54) is 0 Å². The molecule has 0 aromatic heterocycles. The van der Waals surface area contributed by atoms with Gasteiger partial charge in [-0.3, -0.25) is 9.59 Å². The zero-order chi connectivity index (χ0) is 14.9. The summed E-state index contributed by atoms with van der Waals surface area (Å²) in [6.07, 6.45) is 1.20. The number of nitrogens with one attached hydrogen (secondary N) is 1. The number of carboxylic acids is 1. The predicted octanol–water partition coefficient (Wildman–Crippen LogP) is 3.44. The summed E-state index contributed by atoms with van der Waals surface area (Å²) in [6, 6.07) is 5.65. The van der Waals surface area contributed by atoms with E-state index in [0.29, 0.717) is 18.5 Å². The Morgan fingerprint density at radius 2 is 1.95 bits per heavy atom. The Kier molecular flexibility index (Phi) is 4.48. The first-order valence-corrected chi connectivity index (χ1v) is 7.47. The summed E-state index contributed by atoms with van der Waals surface area (Å²) in [4.78, 5) is 23.6. The molecule has 1 aromatic rings. The summed E-state index contributed by atoms with van der Waals surface area (Å²) in [5, 5.41) is 12.1. The first kappa shape index (κ1) is 15.0. The van der Waals surface area contributed by atoms with Crippen molar-refractivity contribution in [1.29, 1.82) is 0 Å². The van der Waals surface area contributed by atoms with E-state index < -0.39 is 17.8 Å². The number of amides is 1. The SMILES string of the molecule is Cc1ccc(NC(=O)[C@H]2CC(C)C[C@H]2C(=O)O)c(Br)c1. The quantitative estimate of drug-likeness (QED) is 0.886. The second-order valence-corrected chi connectivity index (χ2v) is 6.45. The van der Waals surface area contributed by atoms with E-state index in [1.54, 1.807) is 0 Å². The minimum atomic E-state index is -0.877. The molecule has 1 fully saturated rings. The first-order chi connectivity index (χ1) is 9.38. The molecule has 20 heavy (non-hydrogen) atoms. The maximum absolute atomic E-state index is 12.3. The highest BCUT2D eigenvalue weighted by molar-refractivity contribution is 9.10. The fourth-order valence-electron chi connectivity index (χ4n) is 2.80. The Balaban J connectivity index is 2.13. The molecule has 0 saturated heterocycles. The molecule has 1 saturated carbocycles. The predicted molar refractivity (Wildman–Crippen MR) is 80.5 cm³/mol. The Labute approximate surface area is 126 Å². The van der Waals surface area contributed by atoms with E-state index in [9.17, 15) is 14.7 Å². The number of hydrogen-bond acceptors (Lipinski definition) is 2. The van der Waals surface area contributed by atoms with Crippen molar-refractivity contribution in [3.8, 4) is 0 Å². The van der Waals surface area contributed by atoms with Gasteiger partial charge in [0.25, 0.3) is 0 Å². The van der Waals surface area contributed by atoms with Crippen LogP contribution in [0.3, 0.4) is 0 Å². The van der Waals surface area contributed by atoms with Gasteiger partial charge in [0.2, 0.25) is 5.91 Å². The fourth-order valence-corrected chi connectivity index (χ4v) is 3.39. The van der Waals surface area contributed by atoms with Crippen molar-refractivity contribution in [1.82, 2.24) is 0 Å². The lowest BCUT2D eigenvalue weighted by Crippen LogP contribution is -2.30. The van der Waals surface area contributed by atoms with Crippen molar-refractivity contribution in [2.75, 3.05) is 5.32 Å². The molecule has 0 spiro atoms. The summed E-state index contributed by atoms with van der Waals surface area (Å²) >= 11 is 3.41. The molecule has 1 amide bonds. The van der Waals surface area contributed by atoms with Gasteiger partial charge in [0.15, 0.2) is 0 Å². The van der Waals surface area contributed by atoms with E-state index >= 15 is 0 Å². The minimum absolute atomic E-state index is 0.202. The summed E-state index contributed by atoms with van der Waals surface area (Å²) in [5.41, 5.74) is 1.78. The first-order valence-electron chi connectivity index (χ1n) is 6.68. The fraction of sp³-hybridized carbons (Fsp3) is 0.467. The molecule has 0 bridgehead atoms. The maximum Gasteiger partial charge on any atom is 0.307 e. The molecule has 4 nitrogen and oxygen atoms in total. The van der Waals surface area contributed by atoms with Gasteiger partial charge >= 0.3 is 5.97 Å². The highest BCUT2D eigenvalue weighted by Crippen LogP contribution is 2.37. The molecule has 0 aliphatic heterocycles. The number of halogens is 1. The minimum Gasteiger partial charge on any atom is -0.481 e. The molecule has 1 aromatic carbocycles. The average Bonchev–Trinajstić information content (AvgIpc) is 2.75. The summed E-state index contributed by atoms with van der Waals surface area (Å²) in [6.45, 7) is 3.96. The van der Waals surface area contributed by atoms with Crippen LogP contribution in [0, 0.1) is 24.7 Å². The number of carbonyl (C=O) groups excluding carboxylic acids is 1. The lowest BCUT2D eigenvalue weighted by molar-refractivity contribution is -0.145. The molecule has 0 radical (unpaired) electrons. The molecule has 2 N–H and O–H groups in total. The number of carbonyl (C=O) groups is 2. The van der Waals surface area contributed by atoms with Gasteiger partial charge in [-0.2, -0.15) is 0 Å². The van der Waals surface area contributed by atoms with E-state index in [2.05, 4.69) is 21.2 Å². The zero-order valence-corrected chi connectivity index (χ0v) is 13.1. The van der Waals surface area contributed by atoms with Crippen molar-refractivity contribution in [2.45, 2.75) is 26.7 Å². The van der Waals surface area contributed by atoms with Crippen LogP contribution in [0.4, 0.5) is 5.69 Å². The van der Waals surface area contributed by atoms with Crippen molar-refractivity contribution >= 4 is 33.5 Å². The second-order valence-electron chi connectivity index (χ2n) is 5.60. The van der Waals surface area contributed by atoms with Crippen molar-refractivity contribution in [2.24, 2.45) is 17.8 Å². The summed E-state index contributed by atoms with van der Waals surface area (Å²) in [7, 11) is 0. The van der Waals surface area contributed by atoms with E-state index in [4.69, 9.17) is 0 Å². The van der Waals surface area contributed by atoms with Crippen LogP contribution < -0.4 is 5.32 Å². The smallest absolute Gasteiger partial charge is 0.307 e.